The van der Waals surface area contributed by atoms with E-state index in [1.54, 1.807) is 28.0 Å². The fraction of sp³-hybridized carbons (Fsp3) is 0.333. The topological polar surface area (TPSA) is 52.7 Å². The number of amides is 2. The molecule has 166 valence electrons. The Hall–Kier alpha value is -2.29. The van der Waals surface area contributed by atoms with Gasteiger partial charge >= 0.3 is 6.18 Å². The van der Waals surface area contributed by atoms with Crippen molar-refractivity contribution >= 4 is 40.7 Å². The Balaban J connectivity index is 1.52. The molecule has 1 N–H and O–H groups in total. The molecule has 0 aliphatic carbocycles. The van der Waals surface area contributed by atoms with Crippen molar-refractivity contribution in [3.8, 4) is 0 Å². The molecule has 0 saturated carbocycles. The molecule has 2 amide bonds. The molecule has 0 unspecified atom stereocenters. The Morgan fingerprint density at radius 3 is 2.32 bits per heavy atom. The second kappa shape index (κ2) is 9.89. The van der Waals surface area contributed by atoms with E-state index in [2.05, 4.69) is 5.32 Å². The molecule has 3 rings (SSSR count). The fourth-order valence-corrected chi connectivity index (χ4v) is 3.70. The normalized spacial score (nSPS) is 15.1. The van der Waals surface area contributed by atoms with E-state index in [1.807, 2.05) is 6.07 Å². The van der Waals surface area contributed by atoms with Gasteiger partial charge in [-0.1, -0.05) is 41.4 Å². The minimum Gasteiger partial charge on any atom is -0.340 e. The number of nitrogens with zero attached hydrogens (tertiary/aromatic N) is 2. The summed E-state index contributed by atoms with van der Waals surface area (Å²) < 4.78 is 39.5. The molecule has 0 aromatic heterocycles. The molecule has 1 aliphatic rings. The van der Waals surface area contributed by atoms with Crippen molar-refractivity contribution in [2.45, 2.75) is 12.6 Å². The van der Waals surface area contributed by atoms with E-state index < -0.39 is 17.6 Å². The van der Waals surface area contributed by atoms with Crippen LogP contribution in [-0.2, 0) is 22.2 Å². The van der Waals surface area contributed by atoms with Crippen LogP contribution in [0.25, 0.3) is 0 Å². The standard InChI is InChI=1S/C21H20Cl2F3N3O2/c22-15-5-6-18(16(12-15)21(24,25)26)27-19(30)13-28-7-9-29(10-8-28)20(31)11-14-3-1-2-4-17(14)23/h1-6,12H,7-11,13H2,(H,27,30). The highest BCUT2D eigenvalue weighted by Crippen LogP contribution is 2.36. The van der Waals surface area contributed by atoms with Crippen LogP contribution in [-0.4, -0.2) is 54.3 Å². The van der Waals surface area contributed by atoms with Crippen molar-refractivity contribution in [3.63, 3.8) is 0 Å². The van der Waals surface area contributed by atoms with Crippen molar-refractivity contribution in [3.05, 3.63) is 63.6 Å². The van der Waals surface area contributed by atoms with Gasteiger partial charge < -0.3 is 10.2 Å². The fourth-order valence-electron chi connectivity index (χ4n) is 3.32. The summed E-state index contributed by atoms with van der Waals surface area (Å²) >= 11 is 11.8. The van der Waals surface area contributed by atoms with Gasteiger partial charge in [0.05, 0.1) is 24.2 Å². The lowest BCUT2D eigenvalue weighted by atomic mass is 10.1. The third-order valence-corrected chi connectivity index (χ3v) is 5.56. The van der Waals surface area contributed by atoms with Gasteiger partial charge in [-0.25, -0.2) is 0 Å². The van der Waals surface area contributed by atoms with E-state index in [4.69, 9.17) is 23.2 Å². The van der Waals surface area contributed by atoms with Gasteiger partial charge in [0.25, 0.3) is 0 Å². The van der Waals surface area contributed by atoms with Crippen LogP contribution in [0, 0.1) is 0 Å². The maximum absolute atomic E-state index is 13.2. The first-order chi connectivity index (χ1) is 14.6. The van der Waals surface area contributed by atoms with Gasteiger partial charge in [-0.15, -0.1) is 0 Å². The van der Waals surface area contributed by atoms with Crippen LogP contribution in [0.3, 0.4) is 0 Å². The largest absolute Gasteiger partial charge is 0.418 e. The number of halogens is 5. The molecule has 0 bridgehead atoms. The van der Waals surface area contributed by atoms with E-state index in [0.717, 1.165) is 17.7 Å². The molecule has 1 fully saturated rings. The highest BCUT2D eigenvalue weighted by Gasteiger charge is 2.34. The number of nitrogens with one attached hydrogen (secondary N) is 1. The predicted octanol–water partition coefficient (Wildman–Crippen LogP) is 4.34. The number of carbonyl (C=O) groups is 2. The quantitative estimate of drug-likeness (QED) is 0.702. The van der Waals surface area contributed by atoms with Crippen LogP contribution in [0.4, 0.5) is 18.9 Å². The molecule has 0 atom stereocenters. The average Bonchev–Trinajstić information content (AvgIpc) is 2.71. The first-order valence-electron chi connectivity index (χ1n) is 9.53. The molecule has 1 aliphatic heterocycles. The molecular weight excluding hydrogens is 454 g/mol. The summed E-state index contributed by atoms with van der Waals surface area (Å²) in [5.74, 6) is -0.628. The molecule has 0 radical (unpaired) electrons. The van der Waals surface area contributed by atoms with Gasteiger partial charge in [-0.3, -0.25) is 14.5 Å². The number of hydrogen-bond acceptors (Lipinski definition) is 3. The number of rotatable bonds is 5. The lowest BCUT2D eigenvalue weighted by Crippen LogP contribution is -2.50. The monoisotopic (exact) mass is 473 g/mol. The average molecular weight is 474 g/mol. The number of alkyl halides is 3. The Kier molecular flexibility index (Phi) is 7.46. The highest BCUT2D eigenvalue weighted by molar-refractivity contribution is 6.31. The smallest absolute Gasteiger partial charge is 0.340 e. The van der Waals surface area contributed by atoms with Crippen molar-refractivity contribution in [1.29, 1.82) is 0 Å². The van der Waals surface area contributed by atoms with E-state index in [9.17, 15) is 22.8 Å². The summed E-state index contributed by atoms with van der Waals surface area (Å²) in [7, 11) is 0. The summed E-state index contributed by atoms with van der Waals surface area (Å²) in [4.78, 5) is 28.3. The van der Waals surface area contributed by atoms with Crippen LogP contribution in [0.2, 0.25) is 10.0 Å². The second-order valence-corrected chi connectivity index (χ2v) is 8.00. The van der Waals surface area contributed by atoms with Crippen LogP contribution >= 0.6 is 23.2 Å². The van der Waals surface area contributed by atoms with Gasteiger partial charge in [-0.05, 0) is 29.8 Å². The molecular formula is C21H20Cl2F3N3O2. The van der Waals surface area contributed by atoms with Crippen molar-refractivity contribution in [2.24, 2.45) is 0 Å². The first-order valence-corrected chi connectivity index (χ1v) is 10.3. The third-order valence-electron chi connectivity index (χ3n) is 4.95. The number of anilines is 1. The van der Waals surface area contributed by atoms with E-state index in [1.165, 1.54) is 6.07 Å². The van der Waals surface area contributed by atoms with Crippen LogP contribution in [0.1, 0.15) is 11.1 Å². The molecule has 10 heteroatoms. The molecule has 5 nitrogen and oxygen atoms in total. The number of carbonyl (C=O) groups excluding carboxylic acids is 2. The molecule has 31 heavy (non-hydrogen) atoms. The zero-order valence-electron chi connectivity index (χ0n) is 16.4. The first kappa shape index (κ1) is 23.4. The lowest BCUT2D eigenvalue weighted by Gasteiger charge is -2.34. The van der Waals surface area contributed by atoms with E-state index in [0.29, 0.717) is 31.2 Å². The van der Waals surface area contributed by atoms with Crippen molar-refractivity contribution in [2.75, 3.05) is 38.0 Å². The molecule has 1 heterocycles. The number of piperazine rings is 1. The van der Waals surface area contributed by atoms with Gasteiger partial charge in [0.15, 0.2) is 0 Å². The zero-order chi connectivity index (χ0) is 22.6. The Morgan fingerprint density at radius 2 is 1.68 bits per heavy atom. The van der Waals surface area contributed by atoms with Crippen molar-refractivity contribution < 1.29 is 22.8 Å². The SMILES string of the molecule is O=C(CN1CCN(C(=O)Cc2ccccc2Cl)CC1)Nc1ccc(Cl)cc1C(F)(F)F. The lowest BCUT2D eigenvalue weighted by molar-refractivity contribution is -0.137. The summed E-state index contributed by atoms with van der Waals surface area (Å²) in [6.07, 6.45) is -4.45. The highest BCUT2D eigenvalue weighted by atomic mass is 35.5. The van der Waals surface area contributed by atoms with Gasteiger partial charge in [0, 0.05) is 36.2 Å². The number of hydrogen-bond donors (Lipinski definition) is 1. The Bertz CT molecular complexity index is 961. The second-order valence-electron chi connectivity index (χ2n) is 7.16. The maximum atomic E-state index is 13.2. The van der Waals surface area contributed by atoms with Gasteiger partial charge in [0.2, 0.25) is 11.8 Å². The van der Waals surface area contributed by atoms with E-state index >= 15 is 0 Å². The minimum atomic E-state index is -4.64. The predicted molar refractivity (Wildman–Crippen MR) is 113 cm³/mol. The van der Waals surface area contributed by atoms with E-state index in [-0.39, 0.29) is 29.6 Å². The Morgan fingerprint density at radius 1 is 1.00 bits per heavy atom. The summed E-state index contributed by atoms with van der Waals surface area (Å²) in [5.41, 5.74) is -0.585. The third kappa shape index (κ3) is 6.35. The van der Waals surface area contributed by atoms with Crippen LogP contribution in [0.15, 0.2) is 42.5 Å². The molecule has 2 aromatic carbocycles. The van der Waals surface area contributed by atoms with Crippen LogP contribution < -0.4 is 5.32 Å². The molecule has 2 aromatic rings. The summed E-state index contributed by atoms with van der Waals surface area (Å²) in [5, 5.41) is 2.78. The molecule has 0 spiro atoms. The number of benzene rings is 2. The molecule has 1 saturated heterocycles. The summed E-state index contributed by atoms with van der Waals surface area (Å²) in [6, 6.07) is 10.3. The summed E-state index contributed by atoms with van der Waals surface area (Å²) in [6.45, 7) is 1.64. The maximum Gasteiger partial charge on any atom is 0.418 e. The van der Waals surface area contributed by atoms with Gasteiger partial charge in [0.1, 0.15) is 0 Å². The van der Waals surface area contributed by atoms with Gasteiger partial charge in [-0.2, -0.15) is 13.2 Å². The van der Waals surface area contributed by atoms with Crippen LogP contribution in [0.5, 0.6) is 0 Å². The van der Waals surface area contributed by atoms with Crippen molar-refractivity contribution in [1.82, 2.24) is 9.80 Å². The Labute approximate surface area is 187 Å². The zero-order valence-corrected chi connectivity index (χ0v) is 17.9. The minimum absolute atomic E-state index is 0.0619.